The van der Waals surface area contributed by atoms with Crippen molar-refractivity contribution >= 4 is 40.8 Å². The highest BCUT2D eigenvalue weighted by atomic mass is 35.5. The molecule has 0 spiro atoms. The Morgan fingerprint density at radius 2 is 1.65 bits per heavy atom. The maximum absolute atomic E-state index is 12.6. The van der Waals surface area contributed by atoms with Crippen LogP contribution in [0.15, 0.2) is 34.3 Å². The third-order valence-corrected chi connectivity index (χ3v) is 2.49. The molecule has 0 bridgehead atoms. The van der Waals surface area contributed by atoms with Gasteiger partial charge in [0, 0.05) is 5.69 Å². The summed E-state index contributed by atoms with van der Waals surface area (Å²) in [7, 11) is 0. The first-order valence-corrected chi connectivity index (χ1v) is 5.03. The topological polar surface area (TPSA) is 66.4 Å². The Kier molecular flexibility index (Phi) is 4.48. The van der Waals surface area contributed by atoms with Crippen molar-refractivity contribution < 1.29 is 19.1 Å². The third kappa shape index (κ3) is 3.72. The molecule has 0 radical (unpaired) electrons. The van der Waals surface area contributed by atoms with Crippen LogP contribution in [0.25, 0.3) is 0 Å². The van der Waals surface area contributed by atoms with Crippen LogP contribution >= 0.6 is 23.2 Å². The molecule has 0 aliphatic carbocycles. The van der Waals surface area contributed by atoms with Crippen LogP contribution in [0.5, 0.6) is 0 Å². The van der Waals surface area contributed by atoms with Crippen molar-refractivity contribution in [1.29, 1.82) is 0 Å². The van der Waals surface area contributed by atoms with Crippen LogP contribution in [0.2, 0.25) is 0 Å². The van der Waals surface area contributed by atoms with E-state index in [0.717, 1.165) is 12.1 Å². The minimum absolute atomic E-state index is 0.268. The van der Waals surface area contributed by atoms with Crippen LogP contribution in [-0.4, -0.2) is 17.0 Å². The summed E-state index contributed by atoms with van der Waals surface area (Å²) in [6.07, 6.45) is 0. The second-order valence-electron chi connectivity index (χ2n) is 2.89. The van der Waals surface area contributed by atoms with Gasteiger partial charge >= 0.3 is 5.97 Å². The largest absolute Gasteiger partial charge is 0.477 e. The molecule has 0 saturated carbocycles. The van der Waals surface area contributed by atoms with E-state index >= 15 is 0 Å². The Bertz CT molecular complexity index is 485. The van der Waals surface area contributed by atoms with Gasteiger partial charge in [-0.25, -0.2) is 9.18 Å². The van der Waals surface area contributed by atoms with Gasteiger partial charge in [-0.15, -0.1) is 0 Å². The van der Waals surface area contributed by atoms with Gasteiger partial charge in [-0.3, -0.25) is 4.79 Å². The van der Waals surface area contributed by atoms with Crippen molar-refractivity contribution in [3.05, 3.63) is 40.1 Å². The van der Waals surface area contributed by atoms with E-state index in [2.05, 4.69) is 5.32 Å². The number of benzene rings is 1. The first kappa shape index (κ1) is 13.5. The highest BCUT2D eigenvalue weighted by Crippen LogP contribution is 2.17. The van der Waals surface area contributed by atoms with Crippen LogP contribution in [-0.2, 0) is 9.59 Å². The number of carboxylic acids is 1. The predicted octanol–water partition coefficient (Wildman–Crippen LogP) is 2.54. The molecule has 17 heavy (non-hydrogen) atoms. The molecule has 0 atom stereocenters. The molecule has 0 saturated heterocycles. The number of nitrogens with one attached hydrogen (secondary N) is 1. The summed E-state index contributed by atoms with van der Waals surface area (Å²) < 4.78 is 12.6. The molecule has 0 aromatic heterocycles. The summed E-state index contributed by atoms with van der Waals surface area (Å²) in [4.78, 5) is 21.8. The quantitative estimate of drug-likeness (QED) is 0.835. The van der Waals surface area contributed by atoms with Gasteiger partial charge in [-0.1, -0.05) is 23.2 Å². The van der Waals surface area contributed by atoms with Gasteiger partial charge in [0.05, 0.1) is 0 Å². The lowest BCUT2D eigenvalue weighted by atomic mass is 10.3. The van der Waals surface area contributed by atoms with Gasteiger partial charge in [0.2, 0.25) is 0 Å². The molecule has 0 unspecified atom stereocenters. The summed E-state index contributed by atoms with van der Waals surface area (Å²) >= 11 is 10.7. The fourth-order valence-electron chi connectivity index (χ4n) is 0.913. The maximum Gasteiger partial charge on any atom is 0.349 e. The van der Waals surface area contributed by atoms with Crippen LogP contribution in [0, 0.1) is 5.82 Å². The molecule has 0 fully saturated rings. The second kappa shape index (κ2) is 5.65. The molecule has 1 aromatic carbocycles. The van der Waals surface area contributed by atoms with Crippen molar-refractivity contribution in [2.24, 2.45) is 0 Å². The van der Waals surface area contributed by atoms with Crippen LogP contribution in [0.4, 0.5) is 10.1 Å². The van der Waals surface area contributed by atoms with E-state index in [1.54, 1.807) is 0 Å². The van der Waals surface area contributed by atoms with Gasteiger partial charge in [0.25, 0.3) is 5.91 Å². The minimum Gasteiger partial charge on any atom is -0.477 e. The van der Waals surface area contributed by atoms with Crippen LogP contribution in [0.1, 0.15) is 0 Å². The van der Waals surface area contributed by atoms with Crippen molar-refractivity contribution in [1.82, 2.24) is 0 Å². The first-order chi connectivity index (χ1) is 7.91. The monoisotopic (exact) mass is 277 g/mol. The number of rotatable bonds is 3. The Balaban J connectivity index is 2.83. The number of amides is 1. The number of anilines is 1. The Hall–Kier alpha value is -1.59. The van der Waals surface area contributed by atoms with E-state index in [4.69, 9.17) is 28.3 Å². The van der Waals surface area contributed by atoms with Crippen molar-refractivity contribution in [2.75, 3.05) is 5.32 Å². The predicted molar refractivity (Wildman–Crippen MR) is 61.4 cm³/mol. The second-order valence-corrected chi connectivity index (χ2v) is 3.65. The lowest BCUT2D eigenvalue weighted by Gasteiger charge is -2.04. The van der Waals surface area contributed by atoms with E-state index in [9.17, 15) is 14.0 Å². The fraction of sp³-hybridized carbons (Fsp3) is 0. The zero-order valence-corrected chi connectivity index (χ0v) is 9.72. The number of aliphatic carboxylic acids is 1. The molecular weight excluding hydrogens is 272 g/mol. The molecular formula is C10H6Cl2FNO3. The summed E-state index contributed by atoms with van der Waals surface area (Å²) in [5.41, 5.74) is 0.268. The zero-order chi connectivity index (χ0) is 13.0. The number of carboxylic acid groups (broad SMARTS) is 1. The molecule has 1 rings (SSSR count). The Labute approximate surface area is 106 Å². The van der Waals surface area contributed by atoms with Gasteiger partial charge in [-0.05, 0) is 24.3 Å². The number of carbonyl (C=O) groups is 2. The highest BCUT2D eigenvalue weighted by molar-refractivity contribution is 6.54. The fourth-order valence-corrected chi connectivity index (χ4v) is 1.13. The summed E-state index contributed by atoms with van der Waals surface area (Å²) in [5, 5.41) is 9.33. The lowest BCUT2D eigenvalue weighted by molar-refractivity contribution is -0.132. The number of carbonyl (C=O) groups excluding carboxylic acids is 1. The molecule has 4 nitrogen and oxygen atoms in total. The third-order valence-electron chi connectivity index (χ3n) is 1.68. The van der Waals surface area contributed by atoms with Crippen LogP contribution < -0.4 is 5.32 Å². The highest BCUT2D eigenvalue weighted by Gasteiger charge is 2.17. The molecule has 2 N–H and O–H groups in total. The van der Waals surface area contributed by atoms with Crippen molar-refractivity contribution in [3.63, 3.8) is 0 Å². The molecule has 1 aromatic rings. The average Bonchev–Trinajstić information content (AvgIpc) is 2.30. The Morgan fingerprint density at radius 1 is 1.12 bits per heavy atom. The zero-order valence-electron chi connectivity index (χ0n) is 8.21. The van der Waals surface area contributed by atoms with Gasteiger partial charge in [0.15, 0.2) is 0 Å². The number of hydrogen-bond acceptors (Lipinski definition) is 2. The molecule has 0 aliphatic rings. The SMILES string of the molecule is O=C(O)/C(Cl)=C(\Cl)C(=O)Nc1ccc(F)cc1. The number of halogens is 3. The van der Waals surface area contributed by atoms with Gasteiger partial charge < -0.3 is 10.4 Å². The summed E-state index contributed by atoms with van der Waals surface area (Å²) in [6.45, 7) is 0. The molecule has 0 heterocycles. The van der Waals surface area contributed by atoms with E-state index in [-0.39, 0.29) is 5.69 Å². The standard InChI is InChI=1S/C10H6Cl2FNO3/c11-7(8(12)10(16)17)9(15)14-6-3-1-5(13)2-4-6/h1-4H,(H,14,15)(H,16,17)/b8-7+. The van der Waals surface area contributed by atoms with Gasteiger partial charge in [0.1, 0.15) is 15.9 Å². The van der Waals surface area contributed by atoms with Crippen LogP contribution in [0.3, 0.4) is 0 Å². The minimum atomic E-state index is -1.51. The smallest absolute Gasteiger partial charge is 0.349 e. The van der Waals surface area contributed by atoms with E-state index < -0.39 is 27.8 Å². The molecule has 1 amide bonds. The summed E-state index contributed by atoms with van der Waals surface area (Å²) in [5.74, 6) is -2.86. The normalized spacial score (nSPS) is 11.7. The molecule has 7 heteroatoms. The lowest BCUT2D eigenvalue weighted by Crippen LogP contribution is -2.14. The summed E-state index contributed by atoms with van der Waals surface area (Å²) in [6, 6.07) is 4.86. The molecule has 0 aliphatic heterocycles. The average molecular weight is 278 g/mol. The van der Waals surface area contributed by atoms with Gasteiger partial charge in [-0.2, -0.15) is 0 Å². The van der Waals surface area contributed by atoms with Crippen molar-refractivity contribution in [2.45, 2.75) is 0 Å². The first-order valence-electron chi connectivity index (χ1n) is 4.27. The molecule has 90 valence electrons. The number of hydrogen-bond donors (Lipinski definition) is 2. The van der Waals surface area contributed by atoms with E-state index in [1.165, 1.54) is 12.1 Å². The maximum atomic E-state index is 12.6. The Morgan fingerprint density at radius 3 is 2.12 bits per heavy atom. The van der Waals surface area contributed by atoms with Crippen molar-refractivity contribution in [3.8, 4) is 0 Å². The van der Waals surface area contributed by atoms with E-state index in [1.807, 2.05) is 0 Å². The van der Waals surface area contributed by atoms with E-state index in [0.29, 0.717) is 0 Å².